The van der Waals surface area contributed by atoms with Crippen molar-refractivity contribution in [1.82, 2.24) is 0 Å². The van der Waals surface area contributed by atoms with Crippen LogP contribution < -0.4 is 0 Å². The SMILES string of the molecule is C[C@@H](O)CCCC(/C=C/[C@@H]1[C@@H](CCCc2ccc(C(=O)O)s2)[C@H](Cl)C[C@H]1O)CO. The molecule has 0 saturated heterocycles. The molecule has 29 heavy (non-hydrogen) atoms. The van der Waals surface area contributed by atoms with Gasteiger partial charge in [0.1, 0.15) is 4.88 Å². The van der Waals surface area contributed by atoms with E-state index in [9.17, 15) is 20.1 Å². The first kappa shape index (κ1) is 24.4. The van der Waals surface area contributed by atoms with Crippen LogP contribution >= 0.6 is 22.9 Å². The van der Waals surface area contributed by atoms with Crippen LogP contribution in [0.25, 0.3) is 0 Å². The Labute approximate surface area is 182 Å². The topological polar surface area (TPSA) is 98.0 Å². The Morgan fingerprint density at radius 3 is 2.72 bits per heavy atom. The quantitative estimate of drug-likeness (QED) is 0.287. The van der Waals surface area contributed by atoms with Gasteiger partial charge < -0.3 is 20.4 Å². The monoisotopic (exact) mass is 444 g/mol. The van der Waals surface area contributed by atoms with Gasteiger partial charge in [-0.2, -0.15) is 0 Å². The Morgan fingerprint density at radius 2 is 2.10 bits per heavy atom. The molecule has 0 aliphatic heterocycles. The highest BCUT2D eigenvalue weighted by Crippen LogP contribution is 2.40. The van der Waals surface area contributed by atoms with Crippen LogP contribution in [0.3, 0.4) is 0 Å². The summed E-state index contributed by atoms with van der Waals surface area (Å²) in [5.74, 6) is -0.727. The number of thiophene rings is 1. The first-order valence-electron chi connectivity index (χ1n) is 10.4. The van der Waals surface area contributed by atoms with E-state index >= 15 is 0 Å². The van der Waals surface area contributed by atoms with E-state index in [0.717, 1.165) is 43.4 Å². The van der Waals surface area contributed by atoms with Gasteiger partial charge in [-0.25, -0.2) is 4.79 Å². The van der Waals surface area contributed by atoms with Gasteiger partial charge >= 0.3 is 5.97 Å². The number of halogens is 1. The van der Waals surface area contributed by atoms with Gasteiger partial charge in [-0.05, 0) is 69.4 Å². The van der Waals surface area contributed by atoms with Crippen molar-refractivity contribution in [2.45, 2.75) is 69.5 Å². The molecule has 0 radical (unpaired) electrons. The van der Waals surface area contributed by atoms with E-state index in [2.05, 4.69) is 0 Å². The fourth-order valence-electron chi connectivity index (χ4n) is 4.08. The van der Waals surface area contributed by atoms with Crippen LogP contribution in [0.5, 0.6) is 0 Å². The molecule has 1 fully saturated rings. The smallest absolute Gasteiger partial charge is 0.345 e. The van der Waals surface area contributed by atoms with Crippen molar-refractivity contribution in [2.24, 2.45) is 17.8 Å². The molecular formula is C22H33ClO5S. The Kier molecular flexibility index (Phi) is 10.1. The number of aliphatic hydroxyl groups excluding tert-OH is 3. The third kappa shape index (κ3) is 7.68. The molecule has 2 rings (SSSR count). The van der Waals surface area contributed by atoms with Crippen molar-refractivity contribution in [3.8, 4) is 0 Å². The summed E-state index contributed by atoms with van der Waals surface area (Å²) >= 11 is 7.83. The lowest BCUT2D eigenvalue weighted by Crippen LogP contribution is -2.19. The number of aromatic carboxylic acids is 1. The average Bonchev–Trinajstić information content (AvgIpc) is 3.23. The minimum Gasteiger partial charge on any atom is -0.477 e. The van der Waals surface area contributed by atoms with Crippen LogP contribution in [-0.4, -0.2) is 50.6 Å². The molecule has 0 spiro atoms. The molecule has 164 valence electrons. The van der Waals surface area contributed by atoms with E-state index in [-0.39, 0.29) is 35.8 Å². The third-order valence-electron chi connectivity index (χ3n) is 5.74. The Morgan fingerprint density at radius 1 is 1.34 bits per heavy atom. The van der Waals surface area contributed by atoms with Gasteiger partial charge in [0.15, 0.2) is 0 Å². The van der Waals surface area contributed by atoms with E-state index < -0.39 is 12.1 Å². The summed E-state index contributed by atoms with van der Waals surface area (Å²) in [6.45, 7) is 1.82. The maximum atomic E-state index is 11.0. The van der Waals surface area contributed by atoms with Crippen molar-refractivity contribution in [3.63, 3.8) is 0 Å². The molecule has 1 saturated carbocycles. The molecule has 0 bridgehead atoms. The van der Waals surface area contributed by atoms with Crippen molar-refractivity contribution in [3.05, 3.63) is 34.0 Å². The fourth-order valence-corrected chi connectivity index (χ4v) is 5.45. The van der Waals surface area contributed by atoms with E-state index in [1.54, 1.807) is 13.0 Å². The number of alkyl halides is 1. The van der Waals surface area contributed by atoms with Gasteiger partial charge in [0.25, 0.3) is 0 Å². The van der Waals surface area contributed by atoms with Gasteiger partial charge in [0.05, 0.1) is 12.2 Å². The lowest BCUT2D eigenvalue weighted by molar-refractivity contribution is 0.0702. The summed E-state index contributed by atoms with van der Waals surface area (Å²) in [6.07, 6.45) is 8.72. The number of aliphatic hydroxyl groups is 3. The Balaban J connectivity index is 1.88. The summed E-state index contributed by atoms with van der Waals surface area (Å²) in [7, 11) is 0. The number of carbonyl (C=O) groups is 1. The summed E-state index contributed by atoms with van der Waals surface area (Å²) in [5.41, 5.74) is 0. The molecule has 6 atom stereocenters. The first-order valence-corrected chi connectivity index (χ1v) is 11.7. The Hall–Kier alpha value is -0.920. The summed E-state index contributed by atoms with van der Waals surface area (Å²) < 4.78 is 0. The van der Waals surface area contributed by atoms with Gasteiger partial charge in [0, 0.05) is 22.8 Å². The second kappa shape index (κ2) is 12.1. The zero-order chi connectivity index (χ0) is 21.4. The molecule has 7 heteroatoms. The summed E-state index contributed by atoms with van der Waals surface area (Å²) in [6, 6.07) is 3.51. The molecule has 1 aliphatic rings. The lowest BCUT2D eigenvalue weighted by atomic mass is 9.88. The number of carboxylic acid groups (broad SMARTS) is 1. The highest BCUT2D eigenvalue weighted by atomic mass is 35.5. The summed E-state index contributed by atoms with van der Waals surface area (Å²) in [4.78, 5) is 12.4. The highest BCUT2D eigenvalue weighted by molar-refractivity contribution is 7.13. The second-order valence-corrected chi connectivity index (χ2v) is 9.86. The number of aryl methyl sites for hydroxylation is 1. The predicted molar refractivity (Wildman–Crippen MR) is 117 cm³/mol. The number of hydrogen-bond acceptors (Lipinski definition) is 5. The predicted octanol–water partition coefficient (Wildman–Crippen LogP) is 4.09. The van der Waals surface area contributed by atoms with E-state index in [1.807, 2.05) is 18.2 Å². The minimum atomic E-state index is -0.891. The largest absolute Gasteiger partial charge is 0.477 e. The van der Waals surface area contributed by atoms with Gasteiger partial charge in [-0.3, -0.25) is 0 Å². The van der Waals surface area contributed by atoms with Crippen molar-refractivity contribution < 1.29 is 25.2 Å². The van der Waals surface area contributed by atoms with Crippen LogP contribution in [0, 0.1) is 17.8 Å². The zero-order valence-electron chi connectivity index (χ0n) is 16.9. The van der Waals surface area contributed by atoms with Crippen molar-refractivity contribution >= 4 is 28.9 Å². The molecule has 1 aromatic rings. The van der Waals surface area contributed by atoms with Crippen LogP contribution in [-0.2, 0) is 6.42 Å². The van der Waals surface area contributed by atoms with E-state index in [0.29, 0.717) is 11.3 Å². The fraction of sp³-hybridized carbons (Fsp3) is 0.682. The first-order chi connectivity index (χ1) is 13.8. The number of carboxylic acids is 1. The molecule has 1 unspecified atom stereocenters. The highest BCUT2D eigenvalue weighted by Gasteiger charge is 2.39. The standard InChI is InChI=1S/C22H33ClO5S/c1-14(25)4-2-5-15(13-24)8-10-18-17(19(23)12-20(18)26)7-3-6-16-9-11-21(29-16)22(27)28/h8-11,14-15,17-20,24-26H,2-7,12-13H2,1H3,(H,27,28)/b10-8+/t14-,15?,17-,18-,19-,20-/m1/s1. The van der Waals surface area contributed by atoms with Crippen molar-refractivity contribution in [1.29, 1.82) is 0 Å². The third-order valence-corrected chi connectivity index (χ3v) is 7.37. The van der Waals surface area contributed by atoms with E-state index in [4.69, 9.17) is 16.7 Å². The maximum absolute atomic E-state index is 11.0. The van der Waals surface area contributed by atoms with Crippen LogP contribution in [0.2, 0.25) is 0 Å². The molecule has 1 aliphatic carbocycles. The van der Waals surface area contributed by atoms with Gasteiger partial charge in [-0.15, -0.1) is 22.9 Å². The van der Waals surface area contributed by atoms with Crippen LogP contribution in [0.4, 0.5) is 0 Å². The molecule has 1 heterocycles. The normalized spacial score (nSPS) is 26.8. The average molecular weight is 445 g/mol. The molecule has 5 nitrogen and oxygen atoms in total. The zero-order valence-corrected chi connectivity index (χ0v) is 18.5. The molecule has 4 N–H and O–H groups in total. The van der Waals surface area contributed by atoms with Crippen LogP contribution in [0.1, 0.15) is 60.0 Å². The summed E-state index contributed by atoms with van der Waals surface area (Å²) in [5, 5.41) is 38.4. The van der Waals surface area contributed by atoms with Crippen molar-refractivity contribution in [2.75, 3.05) is 6.61 Å². The van der Waals surface area contributed by atoms with E-state index in [1.165, 1.54) is 11.3 Å². The minimum absolute atomic E-state index is 0.0246. The molecular weight excluding hydrogens is 412 g/mol. The number of rotatable bonds is 12. The second-order valence-electron chi connectivity index (χ2n) is 8.13. The van der Waals surface area contributed by atoms with Gasteiger partial charge in [0.2, 0.25) is 0 Å². The molecule has 0 amide bonds. The maximum Gasteiger partial charge on any atom is 0.345 e. The lowest BCUT2D eigenvalue weighted by Gasteiger charge is -2.21. The number of hydrogen-bond donors (Lipinski definition) is 4. The van der Waals surface area contributed by atoms with Gasteiger partial charge in [-0.1, -0.05) is 18.6 Å². The molecule has 0 aromatic carbocycles. The molecule has 1 aromatic heterocycles. The Bertz CT molecular complexity index is 659. The van der Waals surface area contributed by atoms with Crippen LogP contribution in [0.15, 0.2) is 24.3 Å².